The van der Waals surface area contributed by atoms with Crippen LogP contribution in [0.4, 0.5) is 5.82 Å². The lowest BCUT2D eigenvalue weighted by Gasteiger charge is -2.39. The average Bonchev–Trinajstić information content (AvgIpc) is 2.86. The number of aryl methyl sites for hydroxylation is 1. The molecule has 1 unspecified atom stereocenters. The highest BCUT2D eigenvalue weighted by atomic mass is 16.1. The molecule has 132 valence electrons. The Kier molecular flexibility index (Phi) is 4.53. The highest BCUT2D eigenvalue weighted by molar-refractivity contribution is 5.92. The number of rotatable bonds is 2. The zero-order valence-electron chi connectivity index (χ0n) is 14.7. The Morgan fingerprint density at radius 1 is 1.12 bits per heavy atom. The first-order valence-corrected chi connectivity index (χ1v) is 9.18. The minimum Gasteiger partial charge on any atom is -0.356 e. The maximum Gasteiger partial charge on any atom is 0.220 e. The van der Waals surface area contributed by atoms with Gasteiger partial charge in [-0.2, -0.15) is 0 Å². The largest absolute Gasteiger partial charge is 0.356 e. The van der Waals surface area contributed by atoms with Crippen LogP contribution in [0.15, 0.2) is 24.5 Å². The number of benzene rings is 1. The van der Waals surface area contributed by atoms with Gasteiger partial charge in [0.25, 0.3) is 0 Å². The van der Waals surface area contributed by atoms with Gasteiger partial charge in [-0.05, 0) is 31.4 Å². The van der Waals surface area contributed by atoms with Crippen molar-refractivity contribution in [2.45, 2.75) is 32.2 Å². The maximum absolute atomic E-state index is 11.6. The SMILES string of the molecule is Cc1cccc2ncnc(N3CCN(C4CCNC(=O)CC4)CC3)c12. The van der Waals surface area contributed by atoms with Gasteiger partial charge in [-0.3, -0.25) is 9.69 Å². The molecule has 3 heterocycles. The van der Waals surface area contributed by atoms with Gasteiger partial charge >= 0.3 is 0 Å². The van der Waals surface area contributed by atoms with E-state index in [2.05, 4.69) is 44.1 Å². The zero-order valence-corrected chi connectivity index (χ0v) is 14.7. The van der Waals surface area contributed by atoms with Crippen molar-refractivity contribution in [1.29, 1.82) is 0 Å². The number of nitrogens with zero attached hydrogens (tertiary/aromatic N) is 4. The summed E-state index contributed by atoms with van der Waals surface area (Å²) in [6.07, 6.45) is 4.36. The fourth-order valence-corrected chi connectivity index (χ4v) is 4.07. The molecule has 2 aliphatic heterocycles. The van der Waals surface area contributed by atoms with Crippen LogP contribution in [0, 0.1) is 6.92 Å². The van der Waals surface area contributed by atoms with Crippen molar-refractivity contribution >= 4 is 22.6 Å². The molecule has 0 spiro atoms. The van der Waals surface area contributed by atoms with Crippen LogP contribution in [0.5, 0.6) is 0 Å². The number of hydrogen-bond acceptors (Lipinski definition) is 5. The number of anilines is 1. The van der Waals surface area contributed by atoms with Crippen molar-refractivity contribution in [2.24, 2.45) is 0 Å². The fraction of sp³-hybridized carbons (Fsp3) is 0.526. The zero-order chi connectivity index (χ0) is 17.2. The Morgan fingerprint density at radius 3 is 2.80 bits per heavy atom. The number of carbonyl (C=O) groups excluding carboxylic acids is 1. The number of amides is 1. The highest BCUT2D eigenvalue weighted by Crippen LogP contribution is 2.27. The van der Waals surface area contributed by atoms with Crippen LogP contribution in [-0.4, -0.2) is 59.5 Å². The third-order valence-electron chi connectivity index (χ3n) is 5.49. The van der Waals surface area contributed by atoms with Gasteiger partial charge in [0.1, 0.15) is 12.1 Å². The van der Waals surface area contributed by atoms with Crippen molar-refractivity contribution < 1.29 is 4.79 Å². The predicted octanol–water partition coefficient (Wildman–Crippen LogP) is 1.73. The summed E-state index contributed by atoms with van der Waals surface area (Å²) in [6.45, 7) is 6.92. The molecule has 0 bridgehead atoms. The first-order chi connectivity index (χ1) is 12.2. The molecule has 1 N–H and O–H groups in total. The first kappa shape index (κ1) is 16.3. The van der Waals surface area contributed by atoms with E-state index >= 15 is 0 Å². The Bertz CT molecular complexity index is 764. The van der Waals surface area contributed by atoms with Crippen LogP contribution in [0.3, 0.4) is 0 Å². The van der Waals surface area contributed by atoms with E-state index in [1.807, 2.05) is 6.07 Å². The Balaban J connectivity index is 1.48. The maximum atomic E-state index is 11.6. The number of nitrogens with one attached hydrogen (secondary N) is 1. The third-order valence-corrected chi connectivity index (χ3v) is 5.49. The molecule has 1 aromatic heterocycles. The summed E-state index contributed by atoms with van der Waals surface area (Å²) in [5.74, 6) is 1.25. The fourth-order valence-electron chi connectivity index (χ4n) is 4.07. The van der Waals surface area contributed by atoms with Crippen LogP contribution in [0.2, 0.25) is 0 Å². The average molecular weight is 339 g/mol. The van der Waals surface area contributed by atoms with Crippen LogP contribution in [-0.2, 0) is 4.79 Å². The summed E-state index contributed by atoms with van der Waals surface area (Å²) in [5.41, 5.74) is 2.24. The quantitative estimate of drug-likeness (QED) is 0.903. The predicted molar refractivity (Wildman–Crippen MR) is 98.7 cm³/mol. The second-order valence-corrected chi connectivity index (χ2v) is 7.02. The standard InChI is InChI=1S/C19H25N5O/c1-14-3-2-4-16-18(14)19(22-13-21-16)24-11-9-23(10-12-24)15-5-6-17(25)20-8-7-15/h2-4,13,15H,5-12H2,1H3,(H,20,25). The van der Waals surface area contributed by atoms with Crippen molar-refractivity contribution in [1.82, 2.24) is 20.2 Å². The van der Waals surface area contributed by atoms with Crippen molar-refractivity contribution in [3.8, 4) is 0 Å². The Morgan fingerprint density at radius 2 is 1.96 bits per heavy atom. The summed E-state index contributed by atoms with van der Waals surface area (Å²) in [7, 11) is 0. The molecular formula is C19H25N5O. The number of fused-ring (bicyclic) bond motifs is 1. The summed E-state index contributed by atoms with van der Waals surface area (Å²) in [4.78, 5) is 25.5. The molecule has 0 radical (unpaired) electrons. The molecular weight excluding hydrogens is 314 g/mol. The third kappa shape index (κ3) is 3.31. The first-order valence-electron chi connectivity index (χ1n) is 9.18. The number of carbonyl (C=O) groups is 1. The van der Waals surface area contributed by atoms with Crippen LogP contribution in [0.1, 0.15) is 24.8 Å². The van der Waals surface area contributed by atoms with Crippen LogP contribution >= 0.6 is 0 Å². The Hall–Kier alpha value is -2.21. The normalized spacial score (nSPS) is 22.7. The van der Waals surface area contributed by atoms with E-state index in [1.165, 1.54) is 10.9 Å². The van der Waals surface area contributed by atoms with E-state index in [-0.39, 0.29) is 5.91 Å². The van der Waals surface area contributed by atoms with E-state index < -0.39 is 0 Å². The molecule has 1 aromatic carbocycles. The van der Waals surface area contributed by atoms with E-state index in [9.17, 15) is 4.79 Å². The van der Waals surface area contributed by atoms with Gasteiger partial charge in [-0.1, -0.05) is 12.1 Å². The van der Waals surface area contributed by atoms with Crippen molar-refractivity contribution in [3.05, 3.63) is 30.1 Å². The summed E-state index contributed by atoms with van der Waals surface area (Å²) in [6, 6.07) is 6.75. The summed E-state index contributed by atoms with van der Waals surface area (Å²) < 4.78 is 0. The molecule has 6 heteroatoms. The molecule has 0 saturated carbocycles. The van der Waals surface area contributed by atoms with Crippen LogP contribution < -0.4 is 10.2 Å². The van der Waals surface area contributed by atoms with E-state index in [0.29, 0.717) is 12.5 Å². The number of hydrogen-bond donors (Lipinski definition) is 1. The molecule has 1 amide bonds. The van der Waals surface area contributed by atoms with Gasteiger partial charge < -0.3 is 10.2 Å². The van der Waals surface area contributed by atoms with E-state index in [1.54, 1.807) is 6.33 Å². The van der Waals surface area contributed by atoms with Gasteiger partial charge in [-0.25, -0.2) is 9.97 Å². The summed E-state index contributed by atoms with van der Waals surface area (Å²) in [5, 5.41) is 4.15. The molecule has 2 saturated heterocycles. The van der Waals surface area contributed by atoms with Crippen molar-refractivity contribution in [2.75, 3.05) is 37.6 Å². The second-order valence-electron chi connectivity index (χ2n) is 7.02. The smallest absolute Gasteiger partial charge is 0.220 e. The van der Waals surface area contributed by atoms with Gasteiger partial charge in [0.2, 0.25) is 5.91 Å². The molecule has 4 rings (SSSR count). The second kappa shape index (κ2) is 6.96. The van der Waals surface area contributed by atoms with Crippen molar-refractivity contribution in [3.63, 3.8) is 0 Å². The van der Waals surface area contributed by atoms with E-state index in [4.69, 9.17) is 0 Å². The highest BCUT2D eigenvalue weighted by Gasteiger charge is 2.27. The molecule has 2 aromatic rings. The molecule has 2 fully saturated rings. The molecule has 6 nitrogen and oxygen atoms in total. The minimum atomic E-state index is 0.198. The van der Waals surface area contributed by atoms with Gasteiger partial charge in [0.05, 0.1) is 5.52 Å². The summed E-state index contributed by atoms with van der Waals surface area (Å²) >= 11 is 0. The monoisotopic (exact) mass is 339 g/mol. The van der Waals surface area contributed by atoms with E-state index in [0.717, 1.165) is 56.9 Å². The molecule has 0 aliphatic carbocycles. The molecule has 1 atom stereocenters. The van der Waals surface area contributed by atoms with Gasteiger partial charge in [-0.15, -0.1) is 0 Å². The van der Waals surface area contributed by atoms with Gasteiger partial charge in [0.15, 0.2) is 0 Å². The number of aromatic nitrogens is 2. The van der Waals surface area contributed by atoms with Gasteiger partial charge in [0, 0.05) is 50.6 Å². The minimum absolute atomic E-state index is 0.198. The topological polar surface area (TPSA) is 61.4 Å². The lowest BCUT2D eigenvalue weighted by atomic mass is 10.1. The Labute approximate surface area is 148 Å². The lowest BCUT2D eigenvalue weighted by molar-refractivity contribution is -0.120. The molecule has 25 heavy (non-hydrogen) atoms. The molecule has 2 aliphatic rings. The lowest BCUT2D eigenvalue weighted by Crippen LogP contribution is -2.50. The number of piperazine rings is 1. The van der Waals surface area contributed by atoms with Crippen LogP contribution in [0.25, 0.3) is 10.9 Å².